The molecule has 1 fully saturated rings. The van der Waals surface area contributed by atoms with Gasteiger partial charge in [0.1, 0.15) is 17.6 Å². The van der Waals surface area contributed by atoms with Gasteiger partial charge in [0.15, 0.2) is 5.11 Å². The van der Waals surface area contributed by atoms with Crippen LogP contribution in [0.3, 0.4) is 0 Å². The summed E-state index contributed by atoms with van der Waals surface area (Å²) in [5, 5.41) is 5.12. The molecule has 0 amide bonds. The Bertz CT molecular complexity index is 1010. The largest absolute Gasteiger partial charge is 0.459 e. The lowest BCUT2D eigenvalue weighted by Crippen LogP contribution is -2.35. The van der Waals surface area contributed by atoms with Gasteiger partial charge in [-0.1, -0.05) is 29.3 Å². The Morgan fingerprint density at radius 1 is 1.11 bits per heavy atom. The molecule has 28 heavy (non-hydrogen) atoms. The fourth-order valence-electron chi connectivity index (χ4n) is 3.54. The van der Waals surface area contributed by atoms with Gasteiger partial charge < -0.3 is 14.6 Å². The Labute approximate surface area is 179 Å². The minimum absolute atomic E-state index is 0.0936. The zero-order chi connectivity index (χ0) is 19.8. The molecule has 0 spiro atoms. The van der Waals surface area contributed by atoms with Gasteiger partial charge in [-0.25, -0.2) is 0 Å². The standard InChI is InChI=1S/C21H19Cl2N3OS/c1-12(2)26-20(19(25-21(26)28)16-5-3-4-10-24-16)18-9-8-17(27-18)13-6-7-14(22)15(23)11-13/h3-12,19-20H,1-2H3,(H,25,28)/t19-,20-/m0/s1. The van der Waals surface area contributed by atoms with Gasteiger partial charge in [-0.2, -0.15) is 0 Å². The molecular formula is C21H19Cl2N3OS. The highest BCUT2D eigenvalue weighted by Crippen LogP contribution is 2.41. The number of aromatic nitrogens is 1. The third-order valence-electron chi connectivity index (χ3n) is 4.81. The van der Waals surface area contributed by atoms with Gasteiger partial charge in [-0.05, 0) is 68.5 Å². The first-order valence-electron chi connectivity index (χ1n) is 9.00. The van der Waals surface area contributed by atoms with E-state index in [1.54, 1.807) is 18.3 Å². The molecule has 0 bridgehead atoms. The Morgan fingerprint density at radius 2 is 1.93 bits per heavy atom. The summed E-state index contributed by atoms with van der Waals surface area (Å²) >= 11 is 17.8. The molecule has 2 aromatic heterocycles. The van der Waals surface area contributed by atoms with E-state index in [4.69, 9.17) is 39.8 Å². The number of pyridine rings is 1. The average Bonchev–Trinajstić information content (AvgIpc) is 3.29. The van der Waals surface area contributed by atoms with Crippen LogP contribution in [0.4, 0.5) is 0 Å². The number of halogens is 2. The number of rotatable bonds is 4. The topological polar surface area (TPSA) is 41.3 Å². The van der Waals surface area contributed by atoms with E-state index >= 15 is 0 Å². The van der Waals surface area contributed by atoms with Crippen molar-refractivity contribution in [3.8, 4) is 11.3 Å². The maximum atomic E-state index is 6.26. The lowest BCUT2D eigenvalue weighted by atomic mass is 10.0. The summed E-state index contributed by atoms with van der Waals surface area (Å²) in [5.41, 5.74) is 1.80. The minimum atomic E-state index is -0.0982. The van der Waals surface area contributed by atoms with E-state index in [0.29, 0.717) is 15.2 Å². The second-order valence-corrected chi connectivity index (χ2v) is 8.16. The zero-order valence-corrected chi connectivity index (χ0v) is 17.7. The third-order valence-corrected chi connectivity index (χ3v) is 5.88. The van der Waals surface area contributed by atoms with Gasteiger partial charge in [-0.3, -0.25) is 4.98 Å². The first-order valence-corrected chi connectivity index (χ1v) is 10.2. The third kappa shape index (κ3) is 3.50. The Balaban J connectivity index is 1.74. The van der Waals surface area contributed by atoms with Crippen molar-refractivity contribution in [3.63, 3.8) is 0 Å². The van der Waals surface area contributed by atoms with E-state index in [-0.39, 0.29) is 18.1 Å². The smallest absolute Gasteiger partial charge is 0.170 e. The molecule has 1 saturated heterocycles. The van der Waals surface area contributed by atoms with Crippen LogP contribution in [0.2, 0.25) is 10.0 Å². The normalized spacial score (nSPS) is 19.3. The van der Waals surface area contributed by atoms with Crippen molar-refractivity contribution in [2.45, 2.75) is 32.0 Å². The van der Waals surface area contributed by atoms with Crippen LogP contribution in [-0.4, -0.2) is 21.0 Å². The molecule has 144 valence electrons. The number of benzene rings is 1. The molecule has 1 aliphatic heterocycles. The summed E-state index contributed by atoms with van der Waals surface area (Å²) < 4.78 is 6.26. The van der Waals surface area contributed by atoms with E-state index in [0.717, 1.165) is 22.8 Å². The summed E-state index contributed by atoms with van der Waals surface area (Å²) in [6, 6.07) is 15.3. The monoisotopic (exact) mass is 431 g/mol. The molecule has 2 atom stereocenters. The predicted molar refractivity (Wildman–Crippen MR) is 117 cm³/mol. The summed E-state index contributed by atoms with van der Waals surface area (Å²) in [4.78, 5) is 6.69. The molecule has 3 heterocycles. The summed E-state index contributed by atoms with van der Waals surface area (Å²) in [7, 11) is 0. The quantitative estimate of drug-likeness (QED) is 0.510. The van der Waals surface area contributed by atoms with Crippen molar-refractivity contribution in [2.75, 3.05) is 0 Å². The van der Waals surface area contributed by atoms with E-state index in [2.05, 4.69) is 29.0 Å². The van der Waals surface area contributed by atoms with Crippen molar-refractivity contribution in [1.29, 1.82) is 0 Å². The van der Waals surface area contributed by atoms with Crippen LogP contribution in [0.25, 0.3) is 11.3 Å². The Kier molecular flexibility index (Phi) is 5.32. The average molecular weight is 432 g/mol. The van der Waals surface area contributed by atoms with E-state index in [1.807, 2.05) is 36.4 Å². The SMILES string of the molecule is CC(C)N1C(=S)N[C@@H](c2ccccn2)[C@@H]1c1ccc(-c2ccc(Cl)c(Cl)c2)o1. The Hall–Kier alpha value is -2.08. The molecule has 0 radical (unpaired) electrons. The van der Waals surface area contributed by atoms with E-state index in [9.17, 15) is 0 Å². The number of nitrogens with one attached hydrogen (secondary N) is 1. The molecule has 0 saturated carbocycles. The summed E-state index contributed by atoms with van der Waals surface area (Å²) in [5.74, 6) is 1.55. The highest BCUT2D eigenvalue weighted by atomic mass is 35.5. The van der Waals surface area contributed by atoms with Gasteiger partial charge >= 0.3 is 0 Å². The molecule has 1 aliphatic rings. The van der Waals surface area contributed by atoms with Gasteiger partial charge in [0, 0.05) is 17.8 Å². The fraction of sp³-hybridized carbons (Fsp3) is 0.238. The molecule has 0 aliphatic carbocycles. The van der Waals surface area contributed by atoms with Crippen LogP contribution in [0.5, 0.6) is 0 Å². The predicted octanol–water partition coefficient (Wildman–Crippen LogP) is 6.03. The highest BCUT2D eigenvalue weighted by Gasteiger charge is 2.42. The van der Waals surface area contributed by atoms with Crippen molar-refractivity contribution in [3.05, 3.63) is 76.2 Å². The van der Waals surface area contributed by atoms with Gasteiger partial charge in [0.2, 0.25) is 0 Å². The van der Waals surface area contributed by atoms with Gasteiger partial charge in [-0.15, -0.1) is 0 Å². The molecule has 0 unspecified atom stereocenters. The van der Waals surface area contributed by atoms with Crippen LogP contribution in [0.15, 0.2) is 59.1 Å². The first-order chi connectivity index (χ1) is 13.5. The summed E-state index contributed by atoms with van der Waals surface area (Å²) in [6.07, 6.45) is 1.79. The van der Waals surface area contributed by atoms with Gasteiger partial charge in [0.05, 0.1) is 21.8 Å². The lowest BCUT2D eigenvalue weighted by molar-refractivity contribution is 0.237. The van der Waals surface area contributed by atoms with Gasteiger partial charge in [0.25, 0.3) is 0 Å². The van der Waals surface area contributed by atoms with Crippen molar-refractivity contribution >= 4 is 40.5 Å². The molecule has 7 heteroatoms. The van der Waals surface area contributed by atoms with Crippen LogP contribution in [0.1, 0.15) is 37.4 Å². The molecule has 1 aromatic carbocycles. The first kappa shape index (κ1) is 19.2. The number of furan rings is 1. The number of hydrogen-bond donors (Lipinski definition) is 1. The maximum absolute atomic E-state index is 6.26. The molecular weight excluding hydrogens is 413 g/mol. The maximum Gasteiger partial charge on any atom is 0.170 e. The molecule has 3 aromatic rings. The molecule has 4 nitrogen and oxygen atoms in total. The number of thiocarbonyl (C=S) groups is 1. The van der Waals surface area contributed by atoms with Crippen molar-refractivity contribution in [2.24, 2.45) is 0 Å². The minimum Gasteiger partial charge on any atom is -0.459 e. The second-order valence-electron chi connectivity index (χ2n) is 6.96. The zero-order valence-electron chi connectivity index (χ0n) is 15.4. The van der Waals surface area contributed by atoms with Crippen LogP contribution in [0, 0.1) is 0 Å². The summed E-state index contributed by atoms with van der Waals surface area (Å²) in [6.45, 7) is 4.23. The molecule has 1 N–H and O–H groups in total. The highest BCUT2D eigenvalue weighted by molar-refractivity contribution is 7.80. The van der Waals surface area contributed by atoms with E-state index in [1.165, 1.54) is 0 Å². The lowest BCUT2D eigenvalue weighted by Gasteiger charge is -2.29. The van der Waals surface area contributed by atoms with Crippen LogP contribution < -0.4 is 5.32 Å². The van der Waals surface area contributed by atoms with E-state index < -0.39 is 0 Å². The number of hydrogen-bond acceptors (Lipinski definition) is 3. The van der Waals surface area contributed by atoms with Crippen molar-refractivity contribution < 1.29 is 4.42 Å². The van der Waals surface area contributed by atoms with Crippen molar-refractivity contribution in [1.82, 2.24) is 15.2 Å². The second kappa shape index (κ2) is 7.74. The van der Waals surface area contributed by atoms with Crippen LogP contribution >= 0.6 is 35.4 Å². The Morgan fingerprint density at radius 3 is 2.61 bits per heavy atom. The number of nitrogens with zero attached hydrogens (tertiary/aromatic N) is 2. The molecule has 4 rings (SSSR count). The van der Waals surface area contributed by atoms with Crippen LogP contribution in [-0.2, 0) is 0 Å². The fourth-order valence-corrected chi connectivity index (χ4v) is 4.29.